The molecule has 9 aliphatic rings. The average Bonchev–Trinajstić information content (AvgIpc) is 3.27. The van der Waals surface area contributed by atoms with Crippen LogP contribution < -0.4 is 39.4 Å². The molecule has 0 aliphatic carbocycles. The lowest BCUT2D eigenvalue weighted by Crippen LogP contribution is -2.26. The number of carbonyl (C=O) groups excluding carboxylic acids is 4. The molecular weight excluding hydrogens is 793 g/mol. The number of nitrogens with one attached hydrogen (secondary N) is 2. The third-order valence-electron chi connectivity index (χ3n) is 10.3. The largest absolute Gasteiger partial charge is 0.487 e. The Hall–Kier alpha value is -6.90. The van der Waals surface area contributed by atoms with E-state index in [2.05, 4.69) is 10.6 Å². The van der Waals surface area contributed by atoms with Crippen LogP contribution in [-0.2, 0) is 14.9 Å². The number of hydrogen-bond donors (Lipinski definition) is 2. The Balaban J connectivity index is 1.22. The van der Waals surface area contributed by atoms with Gasteiger partial charge in [0.05, 0.1) is 26.4 Å². The summed E-state index contributed by atoms with van der Waals surface area (Å²) in [6.07, 6.45) is 0. The van der Waals surface area contributed by atoms with E-state index in [1.54, 1.807) is 111 Å². The van der Waals surface area contributed by atoms with Gasteiger partial charge in [0.1, 0.15) is 26.4 Å². The van der Waals surface area contributed by atoms with Crippen molar-refractivity contribution in [3.63, 3.8) is 0 Å². The van der Waals surface area contributed by atoms with Crippen LogP contribution in [0.3, 0.4) is 0 Å². The van der Waals surface area contributed by atoms with Gasteiger partial charge in [0.15, 0.2) is 23.0 Å². The van der Waals surface area contributed by atoms with Gasteiger partial charge in [0.2, 0.25) is 0 Å². The second-order valence-corrected chi connectivity index (χ2v) is 15.7. The van der Waals surface area contributed by atoms with Crippen molar-refractivity contribution in [2.75, 3.05) is 87.4 Å². The normalized spacial score (nSPS) is 16.0. The van der Waals surface area contributed by atoms with Crippen molar-refractivity contribution in [2.45, 2.75) is 26.2 Å². The Bertz CT molecular complexity index is 2270. The number of ether oxygens (including phenoxy) is 6. The highest BCUT2D eigenvalue weighted by Gasteiger charge is 2.22. The van der Waals surface area contributed by atoms with Crippen molar-refractivity contribution in [1.82, 2.24) is 0 Å². The summed E-state index contributed by atoms with van der Waals surface area (Å²) in [4.78, 5) is 57.8. The van der Waals surface area contributed by atoms with Crippen molar-refractivity contribution < 1.29 is 47.6 Å². The first kappa shape index (κ1) is 43.2. The van der Waals surface area contributed by atoms with Crippen LogP contribution >= 0.6 is 0 Å². The van der Waals surface area contributed by atoms with Crippen LogP contribution in [0, 0.1) is 0 Å². The lowest BCUT2D eigenvalue weighted by Gasteiger charge is -2.21. The topological polar surface area (TPSA) is 154 Å². The molecule has 0 spiro atoms. The molecule has 0 saturated carbocycles. The molecule has 322 valence electrons. The molecule has 0 fully saturated rings. The van der Waals surface area contributed by atoms with Crippen LogP contribution in [0.25, 0.3) is 0 Å². The van der Waals surface area contributed by atoms with E-state index in [9.17, 15) is 19.2 Å². The maximum atomic E-state index is 13.7. The molecule has 4 amide bonds. The summed E-state index contributed by atoms with van der Waals surface area (Å²) in [5.41, 5.74) is 3.80. The third kappa shape index (κ3) is 10.5. The highest BCUT2D eigenvalue weighted by atomic mass is 16.6. The average molecular weight is 843 g/mol. The zero-order valence-corrected chi connectivity index (χ0v) is 35.4. The van der Waals surface area contributed by atoms with Gasteiger partial charge in [0.25, 0.3) is 23.6 Å². The maximum Gasteiger partial charge on any atom is 0.258 e. The van der Waals surface area contributed by atoms with Crippen LogP contribution in [0.4, 0.5) is 22.7 Å². The van der Waals surface area contributed by atoms with E-state index >= 15 is 0 Å². The molecule has 9 heterocycles. The second kappa shape index (κ2) is 19.2. The summed E-state index contributed by atoms with van der Waals surface area (Å²) >= 11 is 0. The van der Waals surface area contributed by atoms with Crippen molar-refractivity contribution in [2.24, 2.45) is 0 Å². The van der Waals surface area contributed by atoms with Crippen LogP contribution in [0.2, 0.25) is 0 Å². The summed E-state index contributed by atoms with van der Waals surface area (Å²) in [6.45, 7) is 7.85. The van der Waals surface area contributed by atoms with Gasteiger partial charge >= 0.3 is 0 Å². The zero-order valence-electron chi connectivity index (χ0n) is 35.4. The Morgan fingerprint density at radius 1 is 0.435 bits per heavy atom. The van der Waals surface area contributed by atoms with Gasteiger partial charge < -0.3 is 48.9 Å². The molecule has 0 atom stereocenters. The number of nitrogens with zero attached hydrogens (tertiary/aromatic N) is 2. The molecule has 62 heavy (non-hydrogen) atoms. The molecule has 0 aromatic heterocycles. The summed E-state index contributed by atoms with van der Waals surface area (Å²) in [6, 6.07) is 28.7. The Labute approximate surface area is 360 Å². The van der Waals surface area contributed by atoms with Crippen LogP contribution in [0.5, 0.6) is 23.0 Å². The van der Waals surface area contributed by atoms with Crippen LogP contribution in [0.1, 0.15) is 67.8 Å². The quantitative estimate of drug-likeness (QED) is 0.159. The van der Waals surface area contributed by atoms with E-state index in [-0.39, 0.29) is 81.2 Å². The third-order valence-corrected chi connectivity index (χ3v) is 10.3. The van der Waals surface area contributed by atoms with Gasteiger partial charge in [0, 0.05) is 71.2 Å². The van der Waals surface area contributed by atoms with E-state index in [0.717, 1.165) is 5.56 Å². The van der Waals surface area contributed by atoms with E-state index in [1.807, 2.05) is 20.8 Å². The fourth-order valence-electron chi connectivity index (χ4n) is 6.66. The van der Waals surface area contributed by atoms with Crippen molar-refractivity contribution in [3.8, 4) is 23.0 Å². The highest BCUT2D eigenvalue weighted by molar-refractivity contribution is 6.10. The van der Waals surface area contributed by atoms with Gasteiger partial charge in [-0.2, -0.15) is 0 Å². The monoisotopic (exact) mass is 842 g/mol. The number of benzene rings is 5. The van der Waals surface area contributed by atoms with Crippen LogP contribution in [-0.4, -0.2) is 90.6 Å². The predicted octanol–water partition coefficient (Wildman–Crippen LogP) is 7.62. The van der Waals surface area contributed by atoms with E-state index in [4.69, 9.17) is 28.4 Å². The van der Waals surface area contributed by atoms with Crippen LogP contribution in [0.15, 0.2) is 103 Å². The molecule has 14 nitrogen and oxygen atoms in total. The lowest BCUT2D eigenvalue weighted by molar-refractivity contribution is 0.0640. The molecule has 2 N–H and O–H groups in total. The molecule has 12 bridgehead atoms. The number of rotatable bonds is 0. The maximum absolute atomic E-state index is 13.7. The minimum absolute atomic E-state index is 0.196. The van der Waals surface area contributed by atoms with Gasteiger partial charge in [-0.25, -0.2) is 0 Å². The first-order chi connectivity index (χ1) is 29.8. The zero-order chi connectivity index (χ0) is 43.8. The summed E-state index contributed by atoms with van der Waals surface area (Å²) in [5, 5.41) is 5.80. The van der Waals surface area contributed by atoms with E-state index < -0.39 is 11.8 Å². The fraction of sp³-hybridized carbons (Fsp3) is 0.292. The lowest BCUT2D eigenvalue weighted by atomic mass is 9.85. The fourth-order valence-corrected chi connectivity index (χ4v) is 6.66. The SMILES string of the molecule is CN1C(=O)c2ccc(cc2)NC(=O)c2cc(cc(C(C)(C)C)c2)C(=O)Nc2ccc(cc2)C(=O)N(C)c2ccc3c(c2)OCCOCCOc2ccc1cc2OCCOCCO3. The molecular formula is C48H50N4O10. The molecule has 0 saturated heterocycles. The Morgan fingerprint density at radius 3 is 1.18 bits per heavy atom. The smallest absolute Gasteiger partial charge is 0.258 e. The molecule has 9 aliphatic heterocycles. The second-order valence-electron chi connectivity index (χ2n) is 15.7. The Morgan fingerprint density at radius 2 is 0.806 bits per heavy atom. The van der Waals surface area contributed by atoms with E-state index in [1.165, 1.54) is 15.9 Å². The molecule has 14 rings (SSSR count). The van der Waals surface area contributed by atoms with Gasteiger partial charge in [-0.05, 0) is 102 Å². The predicted molar refractivity (Wildman–Crippen MR) is 236 cm³/mol. The van der Waals surface area contributed by atoms with Gasteiger partial charge in [-0.1, -0.05) is 20.8 Å². The van der Waals surface area contributed by atoms with Crippen molar-refractivity contribution in [3.05, 3.63) is 131 Å². The molecule has 5 aromatic carbocycles. The summed E-state index contributed by atoms with van der Waals surface area (Å²) in [5.74, 6) is 0.358. The molecule has 14 heteroatoms. The molecule has 5 aromatic rings. The number of hydrogen-bond acceptors (Lipinski definition) is 10. The number of anilines is 4. The standard InChI is InChI=1S/C48H50N4O10/c1-48(2,3)35-27-33-26-34(28-35)45(54)50-37-12-8-32(9-13-37)47(56)52(5)39-15-17-41-43(30-39)62-25-21-58-18-22-59-40-16-14-38(29-42(40)61-24-20-57-19-23-60-41)51(4)46(55)31-6-10-36(11-7-31)49-44(33)53/h6-17,26-30H,18-25H2,1-5H3,(H,49,53)(H,50,54). The first-order valence-electron chi connectivity index (χ1n) is 20.3. The van der Waals surface area contributed by atoms with Crippen molar-refractivity contribution >= 4 is 46.4 Å². The van der Waals surface area contributed by atoms with Gasteiger partial charge in [-0.3, -0.25) is 19.2 Å². The minimum Gasteiger partial charge on any atom is -0.487 e. The Kier molecular flexibility index (Phi) is 13.4. The molecule has 0 unspecified atom stereocenters. The van der Waals surface area contributed by atoms with Crippen molar-refractivity contribution in [1.29, 1.82) is 0 Å². The molecule has 0 radical (unpaired) electrons. The first-order valence-corrected chi connectivity index (χ1v) is 20.3. The summed E-state index contributed by atoms with van der Waals surface area (Å²) < 4.78 is 35.9. The van der Waals surface area contributed by atoms with E-state index in [0.29, 0.717) is 56.9 Å². The number of carbonyl (C=O) groups is 4. The number of amides is 4. The highest BCUT2D eigenvalue weighted by Crippen LogP contribution is 2.34. The summed E-state index contributed by atoms with van der Waals surface area (Å²) in [7, 11) is 3.33. The van der Waals surface area contributed by atoms with Gasteiger partial charge in [-0.15, -0.1) is 0 Å². The minimum atomic E-state index is -0.427.